The van der Waals surface area contributed by atoms with E-state index in [-0.39, 0.29) is 6.04 Å². The summed E-state index contributed by atoms with van der Waals surface area (Å²) in [6.45, 7) is 1.12. The van der Waals surface area contributed by atoms with Crippen molar-refractivity contribution in [2.75, 3.05) is 18.5 Å². The molecule has 0 saturated carbocycles. The van der Waals surface area contributed by atoms with Crippen molar-refractivity contribution in [2.24, 2.45) is 0 Å². The Bertz CT molecular complexity index is 613. The third-order valence-corrected chi connectivity index (χ3v) is 4.57. The van der Waals surface area contributed by atoms with Crippen LogP contribution in [-0.4, -0.2) is 39.5 Å². The third kappa shape index (κ3) is 4.14. The first-order valence-electron chi connectivity index (χ1n) is 6.67. The summed E-state index contributed by atoms with van der Waals surface area (Å²) in [7, 11) is -4.62. The lowest BCUT2D eigenvalue weighted by molar-refractivity contribution is 0.0739. The van der Waals surface area contributed by atoms with Crippen LogP contribution >= 0.6 is 0 Å². The van der Waals surface area contributed by atoms with E-state index in [1.165, 1.54) is 12.1 Å². The summed E-state index contributed by atoms with van der Waals surface area (Å²) in [5.74, 6) is -3.47. The molecule has 6 nitrogen and oxygen atoms in total. The Labute approximate surface area is 126 Å². The van der Waals surface area contributed by atoms with Gasteiger partial charge in [0.05, 0.1) is 17.5 Å². The summed E-state index contributed by atoms with van der Waals surface area (Å²) in [6, 6.07) is 4.03. The Morgan fingerprint density at radius 1 is 1.27 bits per heavy atom. The molecule has 1 aliphatic rings. The van der Waals surface area contributed by atoms with Crippen molar-refractivity contribution in [2.45, 2.75) is 29.5 Å². The Kier molecular flexibility index (Phi) is 5.30. The van der Waals surface area contributed by atoms with Crippen molar-refractivity contribution >= 4 is 21.6 Å². The summed E-state index contributed by atoms with van der Waals surface area (Å²) in [4.78, 5) is 11.3. The lowest BCUT2D eigenvalue weighted by atomic mass is 10.1. The number of benzene rings is 1. The minimum absolute atomic E-state index is 0.0766. The highest BCUT2D eigenvalue weighted by Gasteiger charge is 2.26. The van der Waals surface area contributed by atoms with Gasteiger partial charge in [-0.3, -0.25) is 0 Å². The number of halogens is 2. The molecule has 122 valence electrons. The number of hydrogen-bond donors (Lipinski definition) is 2. The van der Waals surface area contributed by atoms with Gasteiger partial charge in [0.1, 0.15) is 0 Å². The Balaban J connectivity index is 1.95. The zero-order chi connectivity index (χ0) is 16.2. The zero-order valence-corrected chi connectivity index (χ0v) is 12.4. The summed E-state index contributed by atoms with van der Waals surface area (Å²) < 4.78 is 52.5. The quantitative estimate of drug-likeness (QED) is 0.882. The van der Waals surface area contributed by atoms with Crippen molar-refractivity contribution in [1.29, 1.82) is 0 Å². The summed E-state index contributed by atoms with van der Waals surface area (Å²) in [6.07, 6.45) is 1.68. The number of alkyl halides is 2. The molecule has 9 heteroatoms. The van der Waals surface area contributed by atoms with Gasteiger partial charge in [-0.2, -0.15) is 8.78 Å². The van der Waals surface area contributed by atoms with Crippen LogP contribution in [0.5, 0.6) is 0 Å². The first kappa shape index (κ1) is 16.6. The van der Waals surface area contributed by atoms with Crippen LogP contribution in [0.2, 0.25) is 0 Å². The SMILES string of the molecule is O=C(Nc1ccc(S(=O)(=O)C(F)F)cc1)N[C@H]1CCCOC1. The smallest absolute Gasteiger partial charge is 0.341 e. The second-order valence-corrected chi connectivity index (χ2v) is 6.76. The zero-order valence-electron chi connectivity index (χ0n) is 11.6. The predicted octanol–water partition coefficient (Wildman–Crippen LogP) is 1.98. The average molecular weight is 334 g/mol. The van der Waals surface area contributed by atoms with Crippen molar-refractivity contribution in [3.05, 3.63) is 24.3 Å². The topological polar surface area (TPSA) is 84.5 Å². The van der Waals surface area contributed by atoms with E-state index in [1.807, 2.05) is 0 Å². The summed E-state index contributed by atoms with van der Waals surface area (Å²) in [5, 5.41) is 5.23. The van der Waals surface area contributed by atoms with Crippen LogP contribution in [0.3, 0.4) is 0 Å². The number of hydrogen-bond acceptors (Lipinski definition) is 4. The first-order chi connectivity index (χ1) is 10.4. The molecule has 2 N–H and O–H groups in total. The third-order valence-electron chi connectivity index (χ3n) is 3.17. The maximum absolute atomic E-state index is 12.4. The molecule has 1 heterocycles. The van der Waals surface area contributed by atoms with E-state index in [0.717, 1.165) is 25.0 Å². The first-order valence-corrected chi connectivity index (χ1v) is 8.21. The van der Waals surface area contributed by atoms with Crippen LogP contribution in [0, 0.1) is 0 Å². The number of ether oxygens (including phenoxy) is 1. The number of amides is 2. The number of carbonyl (C=O) groups excluding carboxylic acids is 1. The molecule has 0 aliphatic carbocycles. The van der Waals surface area contributed by atoms with E-state index in [4.69, 9.17) is 4.74 Å². The van der Waals surface area contributed by atoms with Gasteiger partial charge in [0.2, 0.25) is 9.84 Å². The van der Waals surface area contributed by atoms with Gasteiger partial charge in [-0.25, -0.2) is 13.2 Å². The van der Waals surface area contributed by atoms with Gasteiger partial charge < -0.3 is 15.4 Å². The number of carbonyl (C=O) groups is 1. The number of rotatable bonds is 4. The molecular weight excluding hydrogens is 318 g/mol. The van der Waals surface area contributed by atoms with Gasteiger partial charge in [0.25, 0.3) is 0 Å². The second kappa shape index (κ2) is 7.01. The maximum atomic E-state index is 12.4. The molecule has 0 bridgehead atoms. The molecular formula is C13H16F2N2O4S. The van der Waals surface area contributed by atoms with Gasteiger partial charge >= 0.3 is 11.8 Å². The molecule has 0 aromatic heterocycles. The van der Waals surface area contributed by atoms with Crippen LogP contribution in [-0.2, 0) is 14.6 Å². The van der Waals surface area contributed by atoms with Crippen molar-refractivity contribution in [3.8, 4) is 0 Å². The second-order valence-electron chi connectivity index (χ2n) is 4.84. The fraction of sp³-hybridized carbons (Fsp3) is 0.462. The predicted molar refractivity (Wildman–Crippen MR) is 75.6 cm³/mol. The fourth-order valence-electron chi connectivity index (χ4n) is 2.04. The molecule has 22 heavy (non-hydrogen) atoms. The number of anilines is 1. The van der Waals surface area contributed by atoms with Crippen LogP contribution in [0.4, 0.5) is 19.3 Å². The lowest BCUT2D eigenvalue weighted by Crippen LogP contribution is -2.42. The van der Waals surface area contributed by atoms with E-state index in [0.29, 0.717) is 18.9 Å². The highest BCUT2D eigenvalue weighted by Crippen LogP contribution is 2.20. The average Bonchev–Trinajstić information content (AvgIpc) is 2.48. The Morgan fingerprint density at radius 2 is 1.95 bits per heavy atom. The van der Waals surface area contributed by atoms with Crippen molar-refractivity contribution < 1.29 is 26.7 Å². The molecule has 2 rings (SSSR count). The molecule has 1 saturated heterocycles. The number of nitrogens with one attached hydrogen (secondary N) is 2. The van der Waals surface area contributed by atoms with Crippen LogP contribution in [0.25, 0.3) is 0 Å². The van der Waals surface area contributed by atoms with E-state index >= 15 is 0 Å². The molecule has 0 spiro atoms. The highest BCUT2D eigenvalue weighted by molar-refractivity contribution is 7.91. The van der Waals surface area contributed by atoms with Gasteiger partial charge in [-0.1, -0.05) is 0 Å². The minimum Gasteiger partial charge on any atom is -0.379 e. The van der Waals surface area contributed by atoms with Gasteiger partial charge in [-0.15, -0.1) is 0 Å². The molecule has 1 atom stereocenters. The van der Waals surface area contributed by atoms with Crippen LogP contribution in [0.1, 0.15) is 12.8 Å². The molecule has 1 aromatic rings. The molecule has 1 fully saturated rings. The minimum atomic E-state index is -4.62. The van der Waals surface area contributed by atoms with E-state index in [1.54, 1.807) is 0 Å². The van der Waals surface area contributed by atoms with Crippen molar-refractivity contribution in [3.63, 3.8) is 0 Å². The van der Waals surface area contributed by atoms with Gasteiger partial charge in [0.15, 0.2) is 0 Å². The highest BCUT2D eigenvalue weighted by atomic mass is 32.2. The van der Waals surface area contributed by atoms with Crippen LogP contribution in [0.15, 0.2) is 29.2 Å². The Morgan fingerprint density at radius 3 is 2.50 bits per heavy atom. The Hall–Kier alpha value is -1.74. The van der Waals surface area contributed by atoms with Gasteiger partial charge in [0, 0.05) is 12.3 Å². The molecule has 1 aliphatic heterocycles. The van der Waals surface area contributed by atoms with Crippen LogP contribution < -0.4 is 10.6 Å². The maximum Gasteiger partial charge on any atom is 0.341 e. The lowest BCUT2D eigenvalue weighted by Gasteiger charge is -2.23. The fourth-order valence-corrected chi connectivity index (χ4v) is 2.76. The van der Waals surface area contributed by atoms with E-state index in [9.17, 15) is 22.0 Å². The number of sulfone groups is 1. The van der Waals surface area contributed by atoms with Gasteiger partial charge in [-0.05, 0) is 37.1 Å². The van der Waals surface area contributed by atoms with E-state index in [2.05, 4.69) is 10.6 Å². The van der Waals surface area contributed by atoms with Crippen molar-refractivity contribution in [1.82, 2.24) is 5.32 Å². The number of urea groups is 1. The molecule has 2 amide bonds. The molecule has 0 unspecified atom stereocenters. The normalized spacial score (nSPS) is 19.0. The monoisotopic (exact) mass is 334 g/mol. The molecule has 1 aromatic carbocycles. The summed E-state index contributed by atoms with van der Waals surface area (Å²) in [5.41, 5.74) is 0.308. The summed E-state index contributed by atoms with van der Waals surface area (Å²) >= 11 is 0. The standard InChI is InChI=1S/C13H16F2N2O4S/c14-12(15)22(19,20)11-5-3-9(4-6-11)16-13(18)17-10-2-1-7-21-8-10/h3-6,10,12H,1-2,7-8H2,(H2,16,17,18)/t10-/m0/s1. The largest absolute Gasteiger partial charge is 0.379 e. The van der Waals surface area contributed by atoms with E-state index < -0.39 is 26.5 Å². The molecule has 0 radical (unpaired) electrons.